The molecule has 0 bridgehead atoms. The predicted octanol–water partition coefficient (Wildman–Crippen LogP) is 5.00. The van der Waals surface area contributed by atoms with E-state index in [1.807, 2.05) is 0 Å². The van der Waals surface area contributed by atoms with Crippen molar-refractivity contribution < 1.29 is 0 Å². The molecule has 2 rings (SSSR count). The summed E-state index contributed by atoms with van der Waals surface area (Å²) in [7, 11) is 0. The number of benzene rings is 1. The van der Waals surface area contributed by atoms with E-state index < -0.39 is 0 Å². The number of pyridine rings is 1. The Morgan fingerprint density at radius 3 is 1.80 bits per heavy atom. The van der Waals surface area contributed by atoms with Gasteiger partial charge in [-0.15, -0.1) is 0 Å². The predicted molar refractivity (Wildman–Crippen MR) is 87.2 cm³/mol. The minimum absolute atomic E-state index is 1.01. The average Bonchev–Trinajstić information content (AvgIpc) is 2.53. The van der Waals surface area contributed by atoms with Gasteiger partial charge in [0.1, 0.15) is 0 Å². The molecule has 106 valence electrons. The molecule has 0 saturated carbocycles. The second kappa shape index (κ2) is 6.69. The van der Waals surface area contributed by atoms with E-state index in [9.17, 15) is 0 Å². The highest BCUT2D eigenvalue weighted by atomic mass is 14.7. The first kappa shape index (κ1) is 14.8. The quantitative estimate of drug-likeness (QED) is 0.743. The van der Waals surface area contributed by atoms with Gasteiger partial charge in [-0.2, -0.15) is 0 Å². The van der Waals surface area contributed by atoms with E-state index in [2.05, 4.69) is 58.0 Å². The lowest BCUT2D eigenvalue weighted by atomic mass is 9.90. The molecule has 0 aliphatic carbocycles. The number of aromatic nitrogens is 1. The molecule has 0 aliphatic rings. The normalized spacial score (nSPS) is 10.8. The van der Waals surface area contributed by atoms with Gasteiger partial charge in [0.15, 0.2) is 0 Å². The second-order valence-corrected chi connectivity index (χ2v) is 5.12. The molecule has 2 aromatic rings. The van der Waals surface area contributed by atoms with E-state index >= 15 is 0 Å². The Hall–Kier alpha value is -1.63. The van der Waals surface area contributed by atoms with Crippen LogP contribution < -0.4 is 0 Å². The third-order valence-electron chi connectivity index (χ3n) is 4.05. The van der Waals surface area contributed by atoms with Crippen LogP contribution in [0.5, 0.6) is 0 Å². The van der Waals surface area contributed by atoms with Crippen LogP contribution in [0.1, 0.15) is 50.1 Å². The molecule has 0 N–H and O–H groups in total. The van der Waals surface area contributed by atoms with Crippen molar-refractivity contribution in [2.75, 3.05) is 0 Å². The van der Waals surface area contributed by atoms with Crippen molar-refractivity contribution in [3.05, 3.63) is 52.7 Å². The number of nitrogens with zero attached hydrogens (tertiary/aromatic N) is 1. The standard InChI is InChI=1S/C19H25N/c1-5-15-16(6-2)18(8-4)20-19(17(15)7-3)14-12-10-9-11-13-14/h9-13H,5-8H2,1-4H3. The molecule has 1 nitrogen and oxygen atoms in total. The van der Waals surface area contributed by atoms with Crippen molar-refractivity contribution in [2.45, 2.75) is 53.4 Å². The maximum Gasteiger partial charge on any atom is 0.0740 e. The van der Waals surface area contributed by atoms with Crippen molar-refractivity contribution in [3.8, 4) is 11.3 Å². The van der Waals surface area contributed by atoms with E-state index in [1.165, 1.54) is 33.6 Å². The first-order valence-corrected chi connectivity index (χ1v) is 7.85. The molecular formula is C19H25N. The van der Waals surface area contributed by atoms with Crippen LogP contribution in [0.3, 0.4) is 0 Å². The summed E-state index contributed by atoms with van der Waals surface area (Å²) in [6, 6.07) is 10.6. The van der Waals surface area contributed by atoms with Gasteiger partial charge >= 0.3 is 0 Å². The summed E-state index contributed by atoms with van der Waals surface area (Å²) in [4.78, 5) is 5.01. The molecule has 1 aromatic heterocycles. The maximum atomic E-state index is 5.01. The lowest BCUT2D eigenvalue weighted by Gasteiger charge is -2.19. The fourth-order valence-electron chi connectivity index (χ4n) is 3.12. The first-order valence-electron chi connectivity index (χ1n) is 7.85. The number of hydrogen-bond acceptors (Lipinski definition) is 1. The van der Waals surface area contributed by atoms with E-state index in [-0.39, 0.29) is 0 Å². The Morgan fingerprint density at radius 2 is 1.30 bits per heavy atom. The van der Waals surface area contributed by atoms with Gasteiger partial charge in [0.05, 0.1) is 5.69 Å². The molecule has 0 radical (unpaired) electrons. The van der Waals surface area contributed by atoms with Crippen LogP contribution in [0.15, 0.2) is 30.3 Å². The molecule has 0 spiro atoms. The SMILES string of the molecule is CCc1nc(-c2ccccc2)c(CC)c(CC)c1CC. The Kier molecular flexibility index (Phi) is 4.94. The van der Waals surface area contributed by atoms with Gasteiger partial charge in [0.2, 0.25) is 0 Å². The van der Waals surface area contributed by atoms with Crippen LogP contribution in [-0.2, 0) is 25.7 Å². The van der Waals surface area contributed by atoms with Gasteiger partial charge in [0.25, 0.3) is 0 Å². The maximum absolute atomic E-state index is 5.01. The molecule has 1 heteroatoms. The van der Waals surface area contributed by atoms with Crippen molar-refractivity contribution in [2.24, 2.45) is 0 Å². The second-order valence-electron chi connectivity index (χ2n) is 5.12. The zero-order chi connectivity index (χ0) is 14.5. The van der Waals surface area contributed by atoms with Crippen LogP contribution in [0.2, 0.25) is 0 Å². The third kappa shape index (κ3) is 2.63. The summed E-state index contributed by atoms with van der Waals surface area (Å²) in [5.74, 6) is 0. The summed E-state index contributed by atoms with van der Waals surface area (Å²) in [5.41, 5.74) is 8.16. The molecule has 0 saturated heterocycles. The largest absolute Gasteiger partial charge is 0.252 e. The van der Waals surface area contributed by atoms with Crippen LogP contribution in [0.4, 0.5) is 0 Å². The fraction of sp³-hybridized carbons (Fsp3) is 0.421. The van der Waals surface area contributed by atoms with Gasteiger partial charge in [0, 0.05) is 11.3 Å². The molecule has 0 aliphatic heterocycles. The smallest absolute Gasteiger partial charge is 0.0740 e. The lowest BCUT2D eigenvalue weighted by Crippen LogP contribution is -2.08. The fourth-order valence-corrected chi connectivity index (χ4v) is 3.12. The number of hydrogen-bond donors (Lipinski definition) is 0. The minimum Gasteiger partial charge on any atom is -0.252 e. The Bertz CT molecular complexity index is 570. The topological polar surface area (TPSA) is 12.9 Å². The number of rotatable bonds is 5. The Balaban J connectivity index is 2.74. The monoisotopic (exact) mass is 267 g/mol. The summed E-state index contributed by atoms with van der Waals surface area (Å²) in [6.45, 7) is 8.97. The molecular weight excluding hydrogens is 242 g/mol. The molecule has 0 amide bonds. The van der Waals surface area contributed by atoms with Gasteiger partial charge < -0.3 is 0 Å². The van der Waals surface area contributed by atoms with Crippen LogP contribution in [0, 0.1) is 0 Å². The van der Waals surface area contributed by atoms with Gasteiger partial charge in [-0.25, -0.2) is 0 Å². The van der Waals surface area contributed by atoms with Crippen LogP contribution in [0.25, 0.3) is 11.3 Å². The van der Waals surface area contributed by atoms with Crippen molar-refractivity contribution in [3.63, 3.8) is 0 Å². The minimum atomic E-state index is 1.01. The molecule has 1 heterocycles. The van der Waals surface area contributed by atoms with E-state index in [0.717, 1.165) is 25.7 Å². The molecule has 0 atom stereocenters. The van der Waals surface area contributed by atoms with E-state index in [0.29, 0.717) is 0 Å². The highest BCUT2D eigenvalue weighted by Gasteiger charge is 2.16. The highest BCUT2D eigenvalue weighted by molar-refractivity contribution is 5.66. The molecule has 20 heavy (non-hydrogen) atoms. The summed E-state index contributed by atoms with van der Waals surface area (Å²) in [5, 5.41) is 0. The third-order valence-corrected chi connectivity index (χ3v) is 4.05. The summed E-state index contributed by atoms with van der Waals surface area (Å²) in [6.07, 6.45) is 4.25. The van der Waals surface area contributed by atoms with Gasteiger partial charge in [-0.05, 0) is 42.4 Å². The van der Waals surface area contributed by atoms with Gasteiger partial charge in [-0.1, -0.05) is 58.0 Å². The lowest BCUT2D eigenvalue weighted by molar-refractivity contribution is 0.898. The zero-order valence-corrected chi connectivity index (χ0v) is 13.2. The number of aryl methyl sites for hydroxylation is 1. The Labute approximate surface area is 123 Å². The van der Waals surface area contributed by atoms with Crippen molar-refractivity contribution in [1.29, 1.82) is 0 Å². The summed E-state index contributed by atoms with van der Waals surface area (Å²) >= 11 is 0. The van der Waals surface area contributed by atoms with Crippen molar-refractivity contribution in [1.82, 2.24) is 4.98 Å². The zero-order valence-electron chi connectivity index (χ0n) is 13.2. The molecule has 1 aromatic carbocycles. The molecule has 0 unspecified atom stereocenters. The average molecular weight is 267 g/mol. The van der Waals surface area contributed by atoms with E-state index in [1.54, 1.807) is 0 Å². The van der Waals surface area contributed by atoms with Crippen molar-refractivity contribution >= 4 is 0 Å². The summed E-state index contributed by atoms with van der Waals surface area (Å²) < 4.78 is 0. The molecule has 0 fully saturated rings. The first-order chi connectivity index (χ1) is 9.76. The Morgan fingerprint density at radius 1 is 0.700 bits per heavy atom. The highest BCUT2D eigenvalue weighted by Crippen LogP contribution is 2.30. The van der Waals surface area contributed by atoms with E-state index in [4.69, 9.17) is 4.98 Å². The van der Waals surface area contributed by atoms with Crippen LogP contribution in [-0.4, -0.2) is 4.98 Å². The van der Waals surface area contributed by atoms with Crippen LogP contribution >= 0.6 is 0 Å². The van der Waals surface area contributed by atoms with Gasteiger partial charge in [-0.3, -0.25) is 4.98 Å².